The number of fused-ring (bicyclic) bond motifs is 3. The van der Waals surface area contributed by atoms with Crippen molar-refractivity contribution in [2.75, 3.05) is 0 Å². The van der Waals surface area contributed by atoms with Gasteiger partial charge in [-0.2, -0.15) is 0 Å². The normalized spacial score (nSPS) is 11.3. The second-order valence-corrected chi connectivity index (χ2v) is 5.08. The van der Waals surface area contributed by atoms with Crippen LogP contribution in [0.15, 0.2) is 60.9 Å². The van der Waals surface area contributed by atoms with Crippen molar-refractivity contribution in [3.63, 3.8) is 0 Å². The molecule has 4 aromatic rings. The fourth-order valence-corrected chi connectivity index (χ4v) is 2.81. The molecule has 3 nitrogen and oxygen atoms in total. The van der Waals surface area contributed by atoms with E-state index in [2.05, 4.69) is 34.5 Å². The molecule has 3 heteroatoms. The topological polar surface area (TPSA) is 30.2 Å². The van der Waals surface area contributed by atoms with E-state index in [9.17, 15) is 0 Å². The molecule has 4 rings (SSSR count). The molecule has 0 aliphatic heterocycles. The van der Waals surface area contributed by atoms with Crippen LogP contribution >= 0.6 is 0 Å². The van der Waals surface area contributed by atoms with Crippen molar-refractivity contribution < 1.29 is 0 Å². The van der Waals surface area contributed by atoms with Crippen molar-refractivity contribution in [2.24, 2.45) is 0 Å². The van der Waals surface area contributed by atoms with Crippen molar-refractivity contribution >= 4 is 16.6 Å². The number of benzene rings is 2. The molecule has 0 atom stereocenters. The van der Waals surface area contributed by atoms with Gasteiger partial charge in [0.15, 0.2) is 0 Å². The lowest BCUT2D eigenvalue weighted by Gasteiger charge is -2.09. The zero-order valence-corrected chi connectivity index (χ0v) is 11.8. The van der Waals surface area contributed by atoms with Crippen LogP contribution in [-0.2, 0) is 6.42 Å². The van der Waals surface area contributed by atoms with Crippen molar-refractivity contribution in [1.82, 2.24) is 14.4 Å². The number of para-hydroxylation sites is 2. The van der Waals surface area contributed by atoms with E-state index in [1.807, 2.05) is 42.7 Å². The summed E-state index contributed by atoms with van der Waals surface area (Å²) in [6.07, 6.45) is 2.81. The maximum absolute atomic E-state index is 4.89. The summed E-state index contributed by atoms with van der Waals surface area (Å²) in [6, 6.07) is 18.5. The predicted molar refractivity (Wildman–Crippen MR) is 85.3 cm³/mol. The van der Waals surface area contributed by atoms with E-state index in [-0.39, 0.29) is 0 Å². The van der Waals surface area contributed by atoms with E-state index < -0.39 is 0 Å². The fraction of sp³-hybridized carbons (Fsp3) is 0.111. The largest absolute Gasteiger partial charge is 0.295 e. The van der Waals surface area contributed by atoms with Crippen LogP contribution in [0.1, 0.15) is 12.6 Å². The van der Waals surface area contributed by atoms with Gasteiger partial charge in [-0.15, -0.1) is 0 Å². The minimum atomic E-state index is 0.899. The van der Waals surface area contributed by atoms with Gasteiger partial charge < -0.3 is 0 Å². The number of hydrogen-bond acceptors (Lipinski definition) is 2. The Kier molecular flexibility index (Phi) is 2.71. The average Bonchev–Trinajstić information content (AvgIpc) is 2.99. The second-order valence-electron chi connectivity index (χ2n) is 5.08. The van der Waals surface area contributed by atoms with Crippen LogP contribution in [0.5, 0.6) is 0 Å². The quantitative estimate of drug-likeness (QED) is 0.550. The first kappa shape index (κ1) is 12.1. The van der Waals surface area contributed by atoms with Crippen LogP contribution < -0.4 is 0 Å². The van der Waals surface area contributed by atoms with Gasteiger partial charge >= 0.3 is 0 Å². The molecule has 2 aromatic heterocycles. The molecule has 0 radical (unpaired) electrons. The third-order valence-electron chi connectivity index (χ3n) is 3.82. The molecule has 0 unspecified atom stereocenters. The highest BCUT2D eigenvalue weighted by Gasteiger charge is 2.14. The third-order valence-corrected chi connectivity index (χ3v) is 3.82. The van der Waals surface area contributed by atoms with Gasteiger partial charge in [0.2, 0.25) is 0 Å². The van der Waals surface area contributed by atoms with Gasteiger partial charge in [0.05, 0.1) is 27.9 Å². The minimum absolute atomic E-state index is 0.899. The number of rotatable bonds is 2. The lowest BCUT2D eigenvalue weighted by molar-refractivity contribution is 1.07. The molecule has 0 saturated heterocycles. The molecule has 2 aromatic carbocycles. The Morgan fingerprint density at radius 1 is 0.952 bits per heavy atom. The molecule has 0 bridgehead atoms. The molecule has 0 fully saturated rings. The first-order valence-corrected chi connectivity index (χ1v) is 7.18. The van der Waals surface area contributed by atoms with E-state index in [4.69, 9.17) is 4.98 Å². The van der Waals surface area contributed by atoms with E-state index in [1.165, 1.54) is 0 Å². The molecule has 0 aliphatic rings. The summed E-state index contributed by atoms with van der Waals surface area (Å²) in [7, 11) is 0. The summed E-state index contributed by atoms with van der Waals surface area (Å²) in [5, 5.41) is 0. The smallest absolute Gasteiger partial charge is 0.100 e. The van der Waals surface area contributed by atoms with Crippen molar-refractivity contribution in [3.05, 3.63) is 66.6 Å². The molecule has 0 saturated carbocycles. The molecule has 0 N–H and O–H groups in total. The Labute approximate surface area is 122 Å². The summed E-state index contributed by atoms with van der Waals surface area (Å²) < 4.78 is 2.16. The number of aryl methyl sites for hydroxylation is 1. The standard InChI is InChI=1S/C18H15N3/c1-2-14-18-17(13-8-4-3-5-9-13)20-15-10-6-7-11-16(15)21(18)12-19-14/h3-12H,2H2,1H3. The summed E-state index contributed by atoms with van der Waals surface area (Å²) in [5.74, 6) is 0. The van der Waals surface area contributed by atoms with Gasteiger partial charge in [0.25, 0.3) is 0 Å². The lowest BCUT2D eigenvalue weighted by Crippen LogP contribution is -1.96. The Hall–Kier alpha value is -2.68. The third kappa shape index (κ3) is 1.82. The zero-order valence-electron chi connectivity index (χ0n) is 11.8. The Bertz CT molecular complexity index is 923. The van der Waals surface area contributed by atoms with Gasteiger partial charge in [-0.25, -0.2) is 9.97 Å². The van der Waals surface area contributed by atoms with E-state index in [0.29, 0.717) is 0 Å². The van der Waals surface area contributed by atoms with Gasteiger partial charge in [-0.3, -0.25) is 4.40 Å². The average molecular weight is 273 g/mol. The zero-order chi connectivity index (χ0) is 14.2. The van der Waals surface area contributed by atoms with Crippen LogP contribution in [0.25, 0.3) is 27.8 Å². The predicted octanol–water partition coefficient (Wildman–Crippen LogP) is 4.11. The Morgan fingerprint density at radius 2 is 1.71 bits per heavy atom. The van der Waals surface area contributed by atoms with Gasteiger partial charge in [0, 0.05) is 5.56 Å². The monoisotopic (exact) mass is 273 g/mol. The van der Waals surface area contributed by atoms with Crippen molar-refractivity contribution in [3.8, 4) is 11.3 Å². The van der Waals surface area contributed by atoms with Crippen LogP contribution in [0, 0.1) is 0 Å². The molecule has 0 amide bonds. The number of aromatic nitrogens is 3. The van der Waals surface area contributed by atoms with Gasteiger partial charge in [0.1, 0.15) is 6.33 Å². The Morgan fingerprint density at radius 3 is 2.52 bits per heavy atom. The molecule has 0 spiro atoms. The van der Waals surface area contributed by atoms with Crippen LogP contribution in [0.4, 0.5) is 0 Å². The Balaban J connectivity index is 2.19. The molecule has 21 heavy (non-hydrogen) atoms. The molecule has 102 valence electrons. The van der Waals surface area contributed by atoms with Gasteiger partial charge in [-0.05, 0) is 18.6 Å². The van der Waals surface area contributed by atoms with E-state index >= 15 is 0 Å². The number of nitrogens with zero attached hydrogens (tertiary/aromatic N) is 3. The van der Waals surface area contributed by atoms with Crippen LogP contribution in [0.3, 0.4) is 0 Å². The van der Waals surface area contributed by atoms with E-state index in [1.54, 1.807) is 0 Å². The van der Waals surface area contributed by atoms with Gasteiger partial charge in [-0.1, -0.05) is 49.4 Å². The summed E-state index contributed by atoms with van der Waals surface area (Å²) in [4.78, 5) is 9.47. The highest BCUT2D eigenvalue weighted by Crippen LogP contribution is 2.28. The first-order valence-electron chi connectivity index (χ1n) is 7.18. The van der Waals surface area contributed by atoms with E-state index in [0.717, 1.165) is 39.9 Å². The molecule has 2 heterocycles. The highest BCUT2D eigenvalue weighted by molar-refractivity contribution is 5.88. The van der Waals surface area contributed by atoms with Crippen LogP contribution in [0.2, 0.25) is 0 Å². The minimum Gasteiger partial charge on any atom is -0.295 e. The van der Waals surface area contributed by atoms with Crippen molar-refractivity contribution in [2.45, 2.75) is 13.3 Å². The maximum atomic E-state index is 4.89. The van der Waals surface area contributed by atoms with Crippen molar-refractivity contribution in [1.29, 1.82) is 0 Å². The molecule has 0 aliphatic carbocycles. The summed E-state index contributed by atoms with van der Waals surface area (Å²) in [6.45, 7) is 2.13. The first-order chi connectivity index (χ1) is 10.4. The number of imidazole rings is 1. The number of hydrogen-bond donors (Lipinski definition) is 0. The maximum Gasteiger partial charge on any atom is 0.100 e. The molecular weight excluding hydrogens is 258 g/mol. The highest BCUT2D eigenvalue weighted by atomic mass is 15.0. The summed E-state index contributed by atoms with van der Waals surface area (Å²) >= 11 is 0. The SMILES string of the molecule is CCc1ncn2c1c(-c1ccccc1)nc1ccccc12. The second kappa shape index (κ2) is 4.70. The molecular formula is C18H15N3. The fourth-order valence-electron chi connectivity index (χ4n) is 2.81. The van der Waals surface area contributed by atoms with Crippen LogP contribution in [-0.4, -0.2) is 14.4 Å². The lowest BCUT2D eigenvalue weighted by atomic mass is 10.1. The summed E-state index contributed by atoms with van der Waals surface area (Å²) in [5.41, 5.74) is 6.42.